The summed E-state index contributed by atoms with van der Waals surface area (Å²) >= 11 is 20.5. The van der Waals surface area contributed by atoms with Gasteiger partial charge in [0.25, 0.3) is 0 Å². The Hall–Kier alpha value is 0.0400. The lowest BCUT2D eigenvalue weighted by molar-refractivity contribution is 0.886. The molecule has 0 saturated carbocycles. The Bertz CT molecular complexity index is 523. The topological polar surface area (TPSA) is 0 Å². The summed E-state index contributed by atoms with van der Waals surface area (Å²) in [6.07, 6.45) is 0. The predicted molar refractivity (Wildman–Crippen MR) is 87.9 cm³/mol. The zero-order valence-corrected chi connectivity index (χ0v) is 13.7. The molecule has 0 N–H and O–H groups in total. The first-order valence-electron chi connectivity index (χ1n) is 5.37. The first-order chi connectivity index (χ1) is 8.58. The number of alkyl halides is 2. The molecule has 1 atom stereocenters. The van der Waals surface area contributed by atoms with Crippen molar-refractivity contribution < 1.29 is 0 Å². The monoisotopic (exact) mass is 410 g/mol. The number of rotatable bonds is 3. The van der Waals surface area contributed by atoms with E-state index >= 15 is 0 Å². The van der Waals surface area contributed by atoms with E-state index in [0.29, 0.717) is 5.02 Å². The second kappa shape index (κ2) is 6.47. The van der Waals surface area contributed by atoms with Crippen molar-refractivity contribution in [2.45, 2.75) is 10.8 Å². The Morgan fingerprint density at radius 1 is 0.889 bits per heavy atom. The fraction of sp³-hybridized carbons (Fsp3) is 0.143. The van der Waals surface area contributed by atoms with Gasteiger partial charge < -0.3 is 0 Å². The molecule has 94 valence electrons. The van der Waals surface area contributed by atoms with Crippen molar-refractivity contribution in [3.05, 3.63) is 68.3 Å². The summed E-state index contributed by atoms with van der Waals surface area (Å²) in [5.41, 5.74) is 2.12. The molecule has 0 spiro atoms. The van der Waals surface area contributed by atoms with Crippen molar-refractivity contribution in [3.8, 4) is 0 Å². The fourth-order valence-electron chi connectivity index (χ4n) is 1.85. The Morgan fingerprint density at radius 3 is 2.11 bits per heavy atom. The van der Waals surface area contributed by atoms with Crippen LogP contribution in [0, 0.1) is 3.57 Å². The van der Waals surface area contributed by atoms with Crippen LogP contribution >= 0.6 is 57.4 Å². The van der Waals surface area contributed by atoms with E-state index in [1.54, 1.807) is 0 Å². The lowest BCUT2D eigenvalue weighted by atomic mass is 9.93. The van der Waals surface area contributed by atoms with Crippen LogP contribution in [0.4, 0.5) is 0 Å². The van der Waals surface area contributed by atoms with E-state index in [0.717, 1.165) is 11.1 Å². The van der Waals surface area contributed by atoms with Gasteiger partial charge in [0.15, 0.2) is 0 Å². The van der Waals surface area contributed by atoms with Gasteiger partial charge in [-0.05, 0) is 58.0 Å². The smallest absolute Gasteiger partial charge is 0.104 e. The summed E-state index contributed by atoms with van der Waals surface area (Å²) in [5.74, 6) is -0.0657. The van der Waals surface area contributed by atoms with Gasteiger partial charge in [0.1, 0.15) is 4.84 Å². The van der Waals surface area contributed by atoms with Crippen LogP contribution in [0.15, 0.2) is 48.5 Å². The average Bonchev–Trinajstić information content (AvgIpc) is 2.32. The molecule has 0 aliphatic carbocycles. The lowest BCUT2D eigenvalue weighted by Gasteiger charge is -2.19. The standard InChI is InChI=1S/C14H10Cl3I/c15-11-3-1-2-10(8-11)13(14(16)17)9-4-6-12(18)7-5-9/h1-8,13-14H. The molecule has 2 aromatic carbocycles. The van der Waals surface area contributed by atoms with Gasteiger partial charge in [-0.3, -0.25) is 0 Å². The minimum atomic E-state index is -0.511. The summed E-state index contributed by atoms with van der Waals surface area (Å²) < 4.78 is 1.18. The molecule has 0 heterocycles. The average molecular weight is 411 g/mol. The number of hydrogen-bond donors (Lipinski definition) is 0. The van der Waals surface area contributed by atoms with Crippen LogP contribution in [0.3, 0.4) is 0 Å². The molecular weight excluding hydrogens is 401 g/mol. The highest BCUT2D eigenvalue weighted by atomic mass is 127. The normalized spacial score (nSPS) is 12.7. The predicted octanol–water partition coefficient (Wildman–Crippen LogP) is 5.88. The molecule has 0 aliphatic rings. The molecule has 0 fully saturated rings. The van der Waals surface area contributed by atoms with Gasteiger partial charge >= 0.3 is 0 Å². The molecular formula is C14H10Cl3I. The molecule has 0 saturated heterocycles. The maximum Gasteiger partial charge on any atom is 0.118 e. The largest absolute Gasteiger partial charge is 0.118 e. The van der Waals surface area contributed by atoms with Crippen molar-refractivity contribution in [2.75, 3.05) is 0 Å². The van der Waals surface area contributed by atoms with Crippen molar-refractivity contribution in [2.24, 2.45) is 0 Å². The van der Waals surface area contributed by atoms with Crippen LogP contribution in [0.25, 0.3) is 0 Å². The second-order valence-electron chi connectivity index (χ2n) is 3.92. The zero-order chi connectivity index (χ0) is 13.1. The molecule has 2 rings (SSSR count). The number of benzene rings is 2. The Balaban J connectivity index is 2.43. The lowest BCUT2D eigenvalue weighted by Crippen LogP contribution is -2.09. The Labute approximate surface area is 135 Å². The van der Waals surface area contributed by atoms with E-state index in [1.807, 2.05) is 48.5 Å². The van der Waals surface area contributed by atoms with Gasteiger partial charge in [0.05, 0.1) is 0 Å². The Kier molecular flexibility index (Phi) is 5.19. The molecule has 0 bridgehead atoms. The van der Waals surface area contributed by atoms with Crippen LogP contribution < -0.4 is 0 Å². The van der Waals surface area contributed by atoms with E-state index in [-0.39, 0.29) is 5.92 Å². The van der Waals surface area contributed by atoms with Gasteiger partial charge in [-0.15, -0.1) is 23.2 Å². The molecule has 2 aromatic rings. The molecule has 0 radical (unpaired) electrons. The summed E-state index contributed by atoms with van der Waals surface area (Å²) in [5, 5.41) is 0.692. The number of halogens is 4. The summed E-state index contributed by atoms with van der Waals surface area (Å²) in [6, 6.07) is 15.8. The summed E-state index contributed by atoms with van der Waals surface area (Å²) in [4.78, 5) is -0.511. The highest BCUT2D eigenvalue weighted by Crippen LogP contribution is 2.34. The highest BCUT2D eigenvalue weighted by Gasteiger charge is 2.21. The summed E-state index contributed by atoms with van der Waals surface area (Å²) in [7, 11) is 0. The zero-order valence-electron chi connectivity index (χ0n) is 9.29. The third-order valence-electron chi connectivity index (χ3n) is 2.69. The maximum atomic E-state index is 6.13. The van der Waals surface area contributed by atoms with E-state index < -0.39 is 4.84 Å². The fourth-order valence-corrected chi connectivity index (χ4v) is 2.99. The molecule has 1 unspecified atom stereocenters. The van der Waals surface area contributed by atoms with Crippen LogP contribution in [0.5, 0.6) is 0 Å². The first kappa shape index (κ1) is 14.4. The third-order valence-corrected chi connectivity index (χ3v) is 4.15. The molecule has 0 aliphatic heterocycles. The second-order valence-corrected chi connectivity index (χ2v) is 6.76. The minimum absolute atomic E-state index is 0.0657. The quantitative estimate of drug-likeness (QED) is 0.437. The maximum absolute atomic E-state index is 6.13. The van der Waals surface area contributed by atoms with Gasteiger partial charge in [0, 0.05) is 14.5 Å². The molecule has 18 heavy (non-hydrogen) atoms. The molecule has 0 amide bonds. The van der Waals surface area contributed by atoms with Crippen LogP contribution in [-0.2, 0) is 0 Å². The van der Waals surface area contributed by atoms with Gasteiger partial charge in [-0.25, -0.2) is 0 Å². The van der Waals surface area contributed by atoms with E-state index in [1.165, 1.54) is 3.57 Å². The highest BCUT2D eigenvalue weighted by molar-refractivity contribution is 14.1. The number of hydrogen-bond acceptors (Lipinski definition) is 0. The molecule has 0 nitrogen and oxygen atoms in total. The van der Waals surface area contributed by atoms with E-state index in [9.17, 15) is 0 Å². The van der Waals surface area contributed by atoms with Crippen molar-refractivity contribution >= 4 is 57.4 Å². The van der Waals surface area contributed by atoms with Crippen LogP contribution in [0.1, 0.15) is 17.0 Å². The van der Waals surface area contributed by atoms with Gasteiger partial charge in [0.2, 0.25) is 0 Å². The SMILES string of the molecule is Clc1cccc(C(c2ccc(I)cc2)C(Cl)Cl)c1. The summed E-state index contributed by atoms with van der Waals surface area (Å²) in [6.45, 7) is 0. The Morgan fingerprint density at radius 2 is 1.56 bits per heavy atom. The first-order valence-corrected chi connectivity index (χ1v) is 7.70. The van der Waals surface area contributed by atoms with Crippen molar-refractivity contribution in [1.82, 2.24) is 0 Å². The van der Waals surface area contributed by atoms with E-state index in [2.05, 4.69) is 22.6 Å². The van der Waals surface area contributed by atoms with Crippen molar-refractivity contribution in [1.29, 1.82) is 0 Å². The van der Waals surface area contributed by atoms with Gasteiger partial charge in [-0.2, -0.15) is 0 Å². The van der Waals surface area contributed by atoms with Gasteiger partial charge in [-0.1, -0.05) is 35.9 Å². The van der Waals surface area contributed by atoms with E-state index in [4.69, 9.17) is 34.8 Å². The van der Waals surface area contributed by atoms with Crippen LogP contribution in [0.2, 0.25) is 5.02 Å². The minimum Gasteiger partial charge on any atom is -0.104 e. The third kappa shape index (κ3) is 3.53. The van der Waals surface area contributed by atoms with Crippen molar-refractivity contribution in [3.63, 3.8) is 0 Å². The molecule has 0 aromatic heterocycles. The van der Waals surface area contributed by atoms with Crippen LogP contribution in [-0.4, -0.2) is 4.84 Å². The molecule has 4 heteroatoms.